The van der Waals surface area contributed by atoms with E-state index in [2.05, 4.69) is 62.4 Å². The Bertz CT molecular complexity index is 744. The molecule has 4 nitrogen and oxygen atoms in total. The molecule has 2 unspecified atom stereocenters. The smallest absolute Gasteiger partial charge is 0.226 e. The van der Waals surface area contributed by atoms with Gasteiger partial charge in [-0.25, -0.2) is 0 Å². The quantitative estimate of drug-likeness (QED) is 0.715. The van der Waals surface area contributed by atoms with Gasteiger partial charge in [0.15, 0.2) is 0 Å². The highest BCUT2D eigenvalue weighted by molar-refractivity contribution is 9.10. The standard InChI is InChI=1S/C23H32BrN3O/c1-26-6-8-27(9-7-26)20-5-3-2-4-19(20)15-25-21(28)22-11-17-10-18(12-22)14-23(24,13-17)16-22/h2-5,17-18H,6-16H2,1H3,(H,25,28). The molecule has 5 heteroatoms. The molecule has 1 aromatic carbocycles. The summed E-state index contributed by atoms with van der Waals surface area (Å²) in [5, 5.41) is 3.36. The number of piperazine rings is 1. The summed E-state index contributed by atoms with van der Waals surface area (Å²) in [7, 11) is 2.19. The molecule has 0 radical (unpaired) electrons. The van der Waals surface area contributed by atoms with E-state index in [1.54, 1.807) is 0 Å². The van der Waals surface area contributed by atoms with Crippen LogP contribution in [0.25, 0.3) is 0 Å². The van der Waals surface area contributed by atoms with Gasteiger partial charge in [0.1, 0.15) is 0 Å². The van der Waals surface area contributed by atoms with Crippen molar-refractivity contribution in [3.05, 3.63) is 29.8 Å². The second-order valence-corrected chi connectivity index (χ2v) is 11.7. The first-order valence-electron chi connectivity index (χ1n) is 10.9. The average Bonchev–Trinajstić information content (AvgIpc) is 2.65. The minimum Gasteiger partial charge on any atom is -0.369 e. The van der Waals surface area contributed by atoms with E-state index < -0.39 is 0 Å². The number of hydrogen-bond donors (Lipinski definition) is 1. The second kappa shape index (κ2) is 7.02. The molecule has 0 spiro atoms. The highest BCUT2D eigenvalue weighted by Crippen LogP contribution is 2.64. The summed E-state index contributed by atoms with van der Waals surface area (Å²) in [6.07, 6.45) is 7.11. The molecular formula is C23H32BrN3O. The normalized spacial score (nSPS) is 37.3. The Morgan fingerprint density at radius 1 is 1.11 bits per heavy atom. The number of likely N-dealkylation sites (N-methyl/N-ethyl adjacent to an activating group) is 1. The predicted molar refractivity (Wildman–Crippen MR) is 117 cm³/mol. The van der Waals surface area contributed by atoms with E-state index in [4.69, 9.17) is 0 Å². The van der Waals surface area contributed by atoms with Gasteiger partial charge in [-0.2, -0.15) is 0 Å². The van der Waals surface area contributed by atoms with Crippen molar-refractivity contribution >= 4 is 27.5 Å². The maximum Gasteiger partial charge on any atom is 0.226 e. The lowest BCUT2D eigenvalue weighted by Crippen LogP contribution is -2.58. The van der Waals surface area contributed by atoms with Crippen molar-refractivity contribution in [1.29, 1.82) is 0 Å². The van der Waals surface area contributed by atoms with E-state index in [0.717, 1.165) is 57.3 Å². The summed E-state index contributed by atoms with van der Waals surface area (Å²) in [4.78, 5) is 18.2. The van der Waals surface area contributed by atoms with Crippen LogP contribution in [0, 0.1) is 17.3 Å². The zero-order chi connectivity index (χ0) is 19.4. The minimum absolute atomic E-state index is 0.129. The van der Waals surface area contributed by atoms with E-state index in [1.807, 2.05) is 0 Å². The number of rotatable bonds is 4. The molecule has 28 heavy (non-hydrogen) atoms. The van der Waals surface area contributed by atoms with Gasteiger partial charge in [0.2, 0.25) is 5.91 Å². The third-order valence-corrected chi connectivity index (χ3v) is 8.67. The molecule has 4 aliphatic carbocycles. The predicted octanol–water partition coefficient (Wildman–Crippen LogP) is 3.79. The Morgan fingerprint density at radius 2 is 1.79 bits per heavy atom. The second-order valence-electron chi connectivity index (χ2n) is 9.99. The highest BCUT2D eigenvalue weighted by Gasteiger charge is 2.59. The van der Waals surface area contributed by atoms with Crippen LogP contribution in [0.3, 0.4) is 0 Å². The van der Waals surface area contributed by atoms with Crippen molar-refractivity contribution in [3.63, 3.8) is 0 Å². The van der Waals surface area contributed by atoms with Gasteiger partial charge in [-0.3, -0.25) is 4.79 Å². The molecule has 0 aromatic heterocycles. The summed E-state index contributed by atoms with van der Waals surface area (Å²) in [5.74, 6) is 1.78. The lowest BCUT2D eigenvalue weighted by Gasteiger charge is -2.59. The summed E-state index contributed by atoms with van der Waals surface area (Å²) in [6.45, 7) is 4.95. The van der Waals surface area contributed by atoms with Crippen LogP contribution in [0.2, 0.25) is 0 Å². The van der Waals surface area contributed by atoms with Crippen molar-refractivity contribution < 1.29 is 4.79 Å². The maximum atomic E-state index is 13.4. The molecule has 1 N–H and O–H groups in total. The Labute approximate surface area is 177 Å². The first-order valence-corrected chi connectivity index (χ1v) is 11.7. The number of hydrogen-bond acceptors (Lipinski definition) is 3. The van der Waals surface area contributed by atoms with Crippen LogP contribution in [0.5, 0.6) is 0 Å². The number of alkyl halides is 1. The molecule has 5 aliphatic rings. The number of nitrogens with zero attached hydrogens (tertiary/aromatic N) is 2. The summed E-state index contributed by atoms with van der Waals surface area (Å²) in [6, 6.07) is 8.61. The van der Waals surface area contributed by atoms with E-state index in [9.17, 15) is 4.79 Å². The number of anilines is 1. The third kappa shape index (κ3) is 3.39. The number of halogens is 1. The number of para-hydroxylation sites is 1. The molecule has 1 saturated heterocycles. The molecule has 1 amide bonds. The van der Waals surface area contributed by atoms with Gasteiger partial charge < -0.3 is 15.1 Å². The first-order chi connectivity index (χ1) is 13.4. The zero-order valence-corrected chi connectivity index (χ0v) is 18.5. The minimum atomic E-state index is -0.129. The van der Waals surface area contributed by atoms with Gasteiger partial charge in [0, 0.05) is 42.7 Å². The fourth-order valence-corrected chi connectivity index (χ4v) is 8.25. The third-order valence-electron chi connectivity index (χ3n) is 7.75. The first kappa shape index (κ1) is 18.9. The van der Waals surface area contributed by atoms with Gasteiger partial charge in [0.25, 0.3) is 0 Å². The zero-order valence-electron chi connectivity index (χ0n) is 16.9. The molecule has 1 aliphatic heterocycles. The van der Waals surface area contributed by atoms with Crippen molar-refractivity contribution in [2.45, 2.75) is 49.4 Å². The number of benzene rings is 1. The summed E-state index contributed by atoms with van der Waals surface area (Å²) >= 11 is 4.03. The number of nitrogens with one attached hydrogen (secondary N) is 1. The molecule has 2 atom stereocenters. The van der Waals surface area contributed by atoms with Crippen molar-refractivity contribution in [2.75, 3.05) is 38.1 Å². The SMILES string of the molecule is CN1CCN(c2ccccc2CNC(=O)C23CC4CC(CC(Br)(C4)C2)C3)CC1. The van der Waals surface area contributed by atoms with Gasteiger partial charge in [0.05, 0.1) is 5.41 Å². The fraction of sp³-hybridized carbons (Fsp3) is 0.696. The van der Waals surface area contributed by atoms with Crippen LogP contribution >= 0.6 is 15.9 Å². The van der Waals surface area contributed by atoms with Crippen molar-refractivity contribution in [3.8, 4) is 0 Å². The Kier molecular flexibility index (Phi) is 4.74. The monoisotopic (exact) mass is 445 g/mol. The van der Waals surface area contributed by atoms with Crippen molar-refractivity contribution in [2.24, 2.45) is 17.3 Å². The van der Waals surface area contributed by atoms with Crippen LogP contribution in [0.1, 0.15) is 44.1 Å². The van der Waals surface area contributed by atoms with Crippen LogP contribution in [0.15, 0.2) is 24.3 Å². The number of amides is 1. The number of carbonyl (C=O) groups excluding carboxylic acids is 1. The van der Waals surface area contributed by atoms with Gasteiger partial charge >= 0.3 is 0 Å². The van der Waals surface area contributed by atoms with E-state index in [0.29, 0.717) is 12.5 Å². The van der Waals surface area contributed by atoms with E-state index in [-0.39, 0.29) is 9.74 Å². The average molecular weight is 446 g/mol. The summed E-state index contributed by atoms with van der Waals surface area (Å²) in [5.41, 5.74) is 2.41. The molecule has 6 rings (SSSR count). The lowest BCUT2D eigenvalue weighted by atomic mass is 9.49. The van der Waals surface area contributed by atoms with Crippen LogP contribution in [0.4, 0.5) is 5.69 Å². The highest BCUT2D eigenvalue weighted by atomic mass is 79.9. The van der Waals surface area contributed by atoms with Crippen molar-refractivity contribution in [1.82, 2.24) is 10.2 Å². The van der Waals surface area contributed by atoms with E-state index in [1.165, 1.54) is 30.5 Å². The fourth-order valence-electron chi connectivity index (χ4n) is 6.80. The molecule has 1 heterocycles. The molecular weight excluding hydrogens is 414 g/mol. The molecule has 152 valence electrons. The Balaban J connectivity index is 1.29. The van der Waals surface area contributed by atoms with Gasteiger partial charge in [-0.15, -0.1) is 0 Å². The maximum absolute atomic E-state index is 13.4. The summed E-state index contributed by atoms with van der Waals surface area (Å²) < 4.78 is 0.228. The molecule has 4 bridgehead atoms. The Morgan fingerprint density at radius 3 is 2.46 bits per heavy atom. The van der Waals surface area contributed by atoms with E-state index >= 15 is 0 Å². The van der Waals surface area contributed by atoms with Crippen LogP contribution in [-0.2, 0) is 11.3 Å². The Hall–Kier alpha value is -1.07. The number of carbonyl (C=O) groups is 1. The van der Waals surface area contributed by atoms with Gasteiger partial charge in [-0.1, -0.05) is 34.1 Å². The van der Waals surface area contributed by atoms with Gasteiger partial charge in [-0.05, 0) is 69.0 Å². The lowest BCUT2D eigenvalue weighted by molar-refractivity contribution is -0.144. The topological polar surface area (TPSA) is 35.6 Å². The molecule has 4 saturated carbocycles. The van der Waals surface area contributed by atoms with Crippen LogP contribution < -0.4 is 10.2 Å². The molecule has 1 aromatic rings. The van der Waals surface area contributed by atoms with Crippen LogP contribution in [-0.4, -0.2) is 48.4 Å². The largest absolute Gasteiger partial charge is 0.369 e. The molecule has 5 fully saturated rings.